The summed E-state index contributed by atoms with van der Waals surface area (Å²) in [5, 5.41) is 0.502. The van der Waals surface area contributed by atoms with Crippen LogP contribution in [0.15, 0.2) is 23.0 Å². The van der Waals surface area contributed by atoms with E-state index in [4.69, 9.17) is 16.3 Å². The number of nitrogens with one attached hydrogen (secondary N) is 2. The molecule has 0 unspecified atom stereocenters. The predicted molar refractivity (Wildman–Crippen MR) is 64.0 cm³/mol. The molecule has 2 rings (SSSR count). The lowest BCUT2D eigenvalue weighted by Gasteiger charge is -2.05. The first kappa shape index (κ1) is 11.5. The molecular formula is C10H10ClN3O3. The molecule has 0 saturated carbocycles. The number of halogens is 1. The minimum absolute atomic E-state index is 0.231. The lowest BCUT2D eigenvalue weighted by atomic mass is 10.3. The van der Waals surface area contributed by atoms with Gasteiger partial charge in [-0.25, -0.2) is 15.0 Å². The van der Waals surface area contributed by atoms with E-state index in [2.05, 4.69) is 10.4 Å². The zero-order valence-electron chi connectivity index (χ0n) is 8.99. The van der Waals surface area contributed by atoms with Crippen LogP contribution in [0.5, 0.6) is 0 Å². The Kier molecular flexibility index (Phi) is 3.06. The number of carbonyl (C=O) groups is 1. The number of amides is 1. The van der Waals surface area contributed by atoms with Gasteiger partial charge >= 0.3 is 11.8 Å². The molecule has 0 aliphatic rings. The van der Waals surface area contributed by atoms with Crippen LogP contribution in [0.25, 0.3) is 11.0 Å². The fourth-order valence-electron chi connectivity index (χ4n) is 1.45. The second kappa shape index (κ2) is 4.50. The minimum Gasteiger partial charge on any atom is -0.449 e. The quantitative estimate of drug-likeness (QED) is 0.857. The topological polar surface area (TPSA) is 76.1 Å². The van der Waals surface area contributed by atoms with Gasteiger partial charge in [-0.15, -0.1) is 0 Å². The van der Waals surface area contributed by atoms with Crippen LogP contribution in [-0.2, 0) is 4.74 Å². The van der Waals surface area contributed by atoms with Crippen LogP contribution < -0.4 is 11.1 Å². The molecule has 1 aromatic carbocycles. The summed E-state index contributed by atoms with van der Waals surface area (Å²) in [4.78, 5) is 25.4. The highest BCUT2D eigenvalue weighted by Crippen LogP contribution is 2.15. The van der Waals surface area contributed by atoms with Crippen molar-refractivity contribution in [3.05, 3.63) is 33.7 Å². The zero-order chi connectivity index (χ0) is 12.4. The summed E-state index contributed by atoms with van der Waals surface area (Å²) in [5.74, 6) is 0. The van der Waals surface area contributed by atoms with Crippen LogP contribution in [-0.4, -0.2) is 22.4 Å². The molecule has 1 aromatic heterocycles. The molecule has 0 radical (unpaired) electrons. The van der Waals surface area contributed by atoms with Crippen molar-refractivity contribution < 1.29 is 9.53 Å². The molecule has 0 atom stereocenters. The summed E-state index contributed by atoms with van der Waals surface area (Å²) in [5.41, 5.74) is 2.92. The van der Waals surface area contributed by atoms with Crippen molar-refractivity contribution in [1.29, 1.82) is 0 Å². The first-order valence-electron chi connectivity index (χ1n) is 4.96. The first-order valence-corrected chi connectivity index (χ1v) is 5.33. The Morgan fingerprint density at radius 3 is 3.06 bits per heavy atom. The van der Waals surface area contributed by atoms with Gasteiger partial charge in [0.05, 0.1) is 17.6 Å². The van der Waals surface area contributed by atoms with Crippen LogP contribution >= 0.6 is 11.6 Å². The van der Waals surface area contributed by atoms with E-state index in [0.29, 0.717) is 16.1 Å². The summed E-state index contributed by atoms with van der Waals surface area (Å²) >= 11 is 5.79. The lowest BCUT2D eigenvalue weighted by molar-refractivity contribution is 0.164. The maximum absolute atomic E-state index is 11.6. The van der Waals surface area contributed by atoms with Crippen LogP contribution in [0, 0.1) is 0 Å². The van der Waals surface area contributed by atoms with Crippen molar-refractivity contribution in [2.24, 2.45) is 0 Å². The maximum Gasteiger partial charge on any atom is 0.426 e. The molecule has 2 N–H and O–H groups in total. The Labute approximate surface area is 101 Å². The van der Waals surface area contributed by atoms with Gasteiger partial charge in [0.1, 0.15) is 0 Å². The third-order valence-corrected chi connectivity index (χ3v) is 2.36. The number of aromatic amines is 1. The van der Waals surface area contributed by atoms with E-state index in [1.807, 2.05) is 0 Å². The number of fused-ring (bicyclic) bond motifs is 1. The van der Waals surface area contributed by atoms with Crippen molar-refractivity contribution >= 4 is 28.7 Å². The number of ether oxygens (including phenoxy) is 1. The van der Waals surface area contributed by atoms with E-state index in [1.54, 1.807) is 25.1 Å². The molecule has 0 aliphatic carbocycles. The molecule has 1 amide bonds. The van der Waals surface area contributed by atoms with Gasteiger partial charge in [-0.05, 0) is 25.1 Å². The Morgan fingerprint density at radius 1 is 1.59 bits per heavy atom. The minimum atomic E-state index is -0.689. The molecule has 6 nitrogen and oxygen atoms in total. The standard InChI is InChI=1S/C10H10ClN3O3/c1-2-17-10(16)13-14-8-4-3-6(11)5-7(8)12-9(14)15/h3-5H,2H2,1H3,(H,12,15)(H,13,16). The smallest absolute Gasteiger partial charge is 0.426 e. The Morgan fingerprint density at radius 2 is 2.35 bits per heavy atom. The van der Waals surface area contributed by atoms with Crippen molar-refractivity contribution in [3.63, 3.8) is 0 Å². The molecule has 2 aromatic rings. The second-order valence-corrected chi connectivity index (χ2v) is 3.70. The number of aromatic nitrogens is 2. The van der Waals surface area contributed by atoms with Crippen LogP contribution in [0.4, 0.5) is 4.79 Å². The molecule has 17 heavy (non-hydrogen) atoms. The maximum atomic E-state index is 11.6. The number of hydrogen-bond acceptors (Lipinski definition) is 3. The zero-order valence-corrected chi connectivity index (χ0v) is 9.75. The number of rotatable bonds is 2. The normalized spacial score (nSPS) is 10.5. The second-order valence-electron chi connectivity index (χ2n) is 3.26. The highest BCUT2D eigenvalue weighted by Gasteiger charge is 2.10. The Bertz CT molecular complexity index is 617. The van der Waals surface area contributed by atoms with Crippen molar-refractivity contribution in [2.45, 2.75) is 6.92 Å². The van der Waals surface area contributed by atoms with Gasteiger partial charge in [0.15, 0.2) is 0 Å². The molecule has 0 bridgehead atoms. The third-order valence-electron chi connectivity index (χ3n) is 2.12. The summed E-state index contributed by atoms with van der Waals surface area (Å²) in [6.07, 6.45) is -0.689. The molecule has 0 spiro atoms. The van der Waals surface area contributed by atoms with Crippen molar-refractivity contribution in [2.75, 3.05) is 12.0 Å². The fourth-order valence-corrected chi connectivity index (χ4v) is 1.62. The molecular weight excluding hydrogens is 246 g/mol. The summed E-state index contributed by atoms with van der Waals surface area (Å²) in [7, 11) is 0. The number of imidazole rings is 1. The monoisotopic (exact) mass is 255 g/mol. The number of benzene rings is 1. The average molecular weight is 256 g/mol. The van der Waals surface area contributed by atoms with Gasteiger partial charge in [0.25, 0.3) is 0 Å². The molecule has 1 heterocycles. The van der Waals surface area contributed by atoms with E-state index in [1.165, 1.54) is 0 Å². The van der Waals surface area contributed by atoms with Gasteiger partial charge < -0.3 is 9.72 Å². The van der Waals surface area contributed by atoms with E-state index in [-0.39, 0.29) is 6.61 Å². The van der Waals surface area contributed by atoms with Crippen molar-refractivity contribution in [3.8, 4) is 0 Å². The SMILES string of the molecule is CCOC(=O)Nn1c(=O)[nH]c2cc(Cl)ccc21. The van der Waals surface area contributed by atoms with Gasteiger partial charge in [-0.3, -0.25) is 0 Å². The summed E-state index contributed by atoms with van der Waals surface area (Å²) < 4.78 is 5.77. The van der Waals surface area contributed by atoms with Gasteiger partial charge in [0.2, 0.25) is 0 Å². The largest absolute Gasteiger partial charge is 0.449 e. The predicted octanol–water partition coefficient (Wildman–Crippen LogP) is 1.68. The molecule has 7 heteroatoms. The highest BCUT2D eigenvalue weighted by atomic mass is 35.5. The first-order chi connectivity index (χ1) is 8.11. The van der Waals surface area contributed by atoms with Gasteiger partial charge in [-0.1, -0.05) is 11.6 Å². The molecule has 0 fully saturated rings. The van der Waals surface area contributed by atoms with Gasteiger partial charge in [-0.2, -0.15) is 4.68 Å². The summed E-state index contributed by atoms with van der Waals surface area (Å²) in [6.45, 7) is 1.91. The highest BCUT2D eigenvalue weighted by molar-refractivity contribution is 6.31. The number of H-pyrrole nitrogens is 1. The van der Waals surface area contributed by atoms with Crippen LogP contribution in [0.2, 0.25) is 5.02 Å². The van der Waals surface area contributed by atoms with Gasteiger partial charge in [0, 0.05) is 5.02 Å². The van der Waals surface area contributed by atoms with Crippen LogP contribution in [0.1, 0.15) is 6.92 Å². The van der Waals surface area contributed by atoms with E-state index in [9.17, 15) is 9.59 Å². The summed E-state index contributed by atoms with van der Waals surface area (Å²) in [6, 6.07) is 4.85. The fraction of sp³-hybridized carbons (Fsp3) is 0.200. The van der Waals surface area contributed by atoms with E-state index in [0.717, 1.165) is 4.68 Å². The third kappa shape index (κ3) is 2.26. The average Bonchev–Trinajstić information content (AvgIpc) is 2.55. The Hall–Kier alpha value is -1.95. The van der Waals surface area contributed by atoms with E-state index < -0.39 is 11.8 Å². The molecule has 0 aliphatic heterocycles. The number of carbonyl (C=O) groups excluding carboxylic acids is 1. The lowest BCUT2D eigenvalue weighted by Crippen LogP contribution is -2.31. The van der Waals surface area contributed by atoms with Crippen molar-refractivity contribution in [1.82, 2.24) is 9.66 Å². The van der Waals surface area contributed by atoms with E-state index >= 15 is 0 Å². The number of hydrogen-bond donors (Lipinski definition) is 2. The van der Waals surface area contributed by atoms with Crippen LogP contribution in [0.3, 0.4) is 0 Å². The molecule has 0 saturated heterocycles. The Balaban J connectivity index is 2.43. The molecule has 90 valence electrons. The number of nitrogens with zero attached hydrogens (tertiary/aromatic N) is 1.